The molecule has 3 nitrogen and oxygen atoms in total. The first-order chi connectivity index (χ1) is 8.72. The lowest BCUT2D eigenvalue weighted by molar-refractivity contribution is 0.289. The highest BCUT2D eigenvalue weighted by molar-refractivity contribution is 5.27. The maximum Gasteiger partial charge on any atom is 0.119 e. The van der Waals surface area contributed by atoms with Crippen molar-refractivity contribution in [3.8, 4) is 11.8 Å². The van der Waals surface area contributed by atoms with Gasteiger partial charge in [-0.15, -0.1) is 0 Å². The Balaban J connectivity index is 2.27. The molecule has 0 atom stereocenters. The van der Waals surface area contributed by atoms with Crippen LogP contribution in [0.3, 0.4) is 0 Å². The molecule has 0 bridgehead atoms. The summed E-state index contributed by atoms with van der Waals surface area (Å²) in [5.41, 5.74) is 1.21. The van der Waals surface area contributed by atoms with Crippen LogP contribution in [0.15, 0.2) is 24.3 Å². The molecule has 1 rings (SSSR count). The molecule has 0 saturated heterocycles. The Bertz CT molecular complexity index is 365. The summed E-state index contributed by atoms with van der Waals surface area (Å²) in [6, 6.07) is 10.2. The SMILES string of the molecule is CC(C)CCOc1ccc(CNCCC#N)cc1. The highest BCUT2D eigenvalue weighted by atomic mass is 16.5. The Morgan fingerprint density at radius 3 is 2.61 bits per heavy atom. The predicted molar refractivity (Wildman–Crippen MR) is 73.3 cm³/mol. The van der Waals surface area contributed by atoms with Crippen LogP contribution in [0.4, 0.5) is 0 Å². The molecule has 1 aromatic carbocycles. The topological polar surface area (TPSA) is 45.0 Å². The van der Waals surface area contributed by atoms with Crippen molar-refractivity contribution in [1.82, 2.24) is 5.32 Å². The van der Waals surface area contributed by atoms with Gasteiger partial charge in [-0.25, -0.2) is 0 Å². The number of rotatable bonds is 8. The number of hydrogen-bond acceptors (Lipinski definition) is 3. The van der Waals surface area contributed by atoms with E-state index >= 15 is 0 Å². The van der Waals surface area contributed by atoms with E-state index in [0.717, 1.165) is 31.9 Å². The van der Waals surface area contributed by atoms with Gasteiger partial charge in [0.2, 0.25) is 0 Å². The van der Waals surface area contributed by atoms with E-state index in [0.29, 0.717) is 12.3 Å². The van der Waals surface area contributed by atoms with E-state index in [2.05, 4.69) is 37.4 Å². The van der Waals surface area contributed by atoms with Crippen LogP contribution in [-0.4, -0.2) is 13.2 Å². The third-order valence-corrected chi connectivity index (χ3v) is 2.63. The van der Waals surface area contributed by atoms with E-state index in [1.54, 1.807) is 0 Å². The summed E-state index contributed by atoms with van der Waals surface area (Å²) in [4.78, 5) is 0. The van der Waals surface area contributed by atoms with Gasteiger partial charge in [0.15, 0.2) is 0 Å². The molecule has 0 radical (unpaired) electrons. The smallest absolute Gasteiger partial charge is 0.119 e. The summed E-state index contributed by atoms with van der Waals surface area (Å²) in [5, 5.41) is 11.6. The van der Waals surface area contributed by atoms with Crippen LogP contribution in [-0.2, 0) is 6.54 Å². The average Bonchev–Trinajstić information content (AvgIpc) is 2.36. The second-order valence-electron chi connectivity index (χ2n) is 4.76. The zero-order valence-corrected chi connectivity index (χ0v) is 11.3. The molecule has 98 valence electrons. The van der Waals surface area contributed by atoms with Crippen LogP contribution >= 0.6 is 0 Å². The fraction of sp³-hybridized carbons (Fsp3) is 0.533. The summed E-state index contributed by atoms with van der Waals surface area (Å²) >= 11 is 0. The van der Waals surface area contributed by atoms with E-state index in [1.807, 2.05) is 12.1 Å². The van der Waals surface area contributed by atoms with Crippen molar-refractivity contribution in [2.24, 2.45) is 5.92 Å². The molecule has 0 saturated carbocycles. The van der Waals surface area contributed by atoms with Gasteiger partial charge >= 0.3 is 0 Å². The molecular formula is C15H22N2O. The fourth-order valence-corrected chi connectivity index (χ4v) is 1.49. The molecule has 0 aliphatic rings. The molecule has 0 aliphatic heterocycles. The average molecular weight is 246 g/mol. The third kappa shape index (κ3) is 6.27. The van der Waals surface area contributed by atoms with Gasteiger partial charge in [0.05, 0.1) is 12.7 Å². The molecule has 3 heteroatoms. The molecule has 18 heavy (non-hydrogen) atoms. The number of ether oxygens (including phenoxy) is 1. The van der Waals surface area contributed by atoms with Gasteiger partial charge in [-0.05, 0) is 30.0 Å². The highest BCUT2D eigenvalue weighted by Crippen LogP contribution is 2.13. The molecule has 0 spiro atoms. The van der Waals surface area contributed by atoms with Crippen molar-refractivity contribution < 1.29 is 4.74 Å². The van der Waals surface area contributed by atoms with E-state index < -0.39 is 0 Å². The Morgan fingerprint density at radius 1 is 1.28 bits per heavy atom. The first kappa shape index (κ1) is 14.5. The lowest BCUT2D eigenvalue weighted by Crippen LogP contribution is -2.13. The summed E-state index contributed by atoms with van der Waals surface area (Å²) < 4.78 is 5.65. The van der Waals surface area contributed by atoms with Gasteiger partial charge in [0.25, 0.3) is 0 Å². The van der Waals surface area contributed by atoms with Crippen LogP contribution in [0, 0.1) is 17.2 Å². The molecule has 1 aromatic rings. The molecule has 0 aliphatic carbocycles. The van der Waals surface area contributed by atoms with Crippen LogP contribution in [0.25, 0.3) is 0 Å². The Morgan fingerprint density at radius 2 is 2.00 bits per heavy atom. The second kappa shape index (κ2) is 8.54. The molecule has 0 aromatic heterocycles. The fourth-order valence-electron chi connectivity index (χ4n) is 1.49. The first-order valence-electron chi connectivity index (χ1n) is 6.51. The van der Waals surface area contributed by atoms with Crippen molar-refractivity contribution in [1.29, 1.82) is 5.26 Å². The molecule has 1 N–H and O–H groups in total. The minimum atomic E-state index is 0.552. The van der Waals surface area contributed by atoms with E-state index in [1.165, 1.54) is 5.56 Å². The van der Waals surface area contributed by atoms with Crippen molar-refractivity contribution in [2.75, 3.05) is 13.2 Å². The molecule has 0 heterocycles. The Kier molecular flexibility index (Phi) is 6.90. The predicted octanol–water partition coefficient (Wildman–Crippen LogP) is 3.11. The molecular weight excluding hydrogens is 224 g/mol. The summed E-state index contributed by atoms with van der Waals surface area (Å²) in [6.07, 6.45) is 1.63. The van der Waals surface area contributed by atoms with Crippen molar-refractivity contribution >= 4 is 0 Å². The Hall–Kier alpha value is -1.53. The van der Waals surface area contributed by atoms with Gasteiger partial charge in [0.1, 0.15) is 5.75 Å². The minimum absolute atomic E-state index is 0.552. The van der Waals surface area contributed by atoms with Gasteiger partial charge in [-0.1, -0.05) is 26.0 Å². The van der Waals surface area contributed by atoms with Crippen LogP contribution in [0.2, 0.25) is 0 Å². The first-order valence-corrected chi connectivity index (χ1v) is 6.51. The highest BCUT2D eigenvalue weighted by Gasteiger charge is 1.97. The third-order valence-electron chi connectivity index (χ3n) is 2.63. The summed E-state index contributed by atoms with van der Waals surface area (Å²) in [7, 11) is 0. The molecule has 0 unspecified atom stereocenters. The monoisotopic (exact) mass is 246 g/mol. The van der Waals surface area contributed by atoms with Gasteiger partial charge in [-0.3, -0.25) is 0 Å². The van der Waals surface area contributed by atoms with Crippen molar-refractivity contribution in [2.45, 2.75) is 33.2 Å². The second-order valence-corrected chi connectivity index (χ2v) is 4.76. The number of nitriles is 1. The standard InChI is InChI=1S/C15H22N2O/c1-13(2)8-11-18-15-6-4-14(5-7-15)12-17-10-3-9-16/h4-7,13,17H,3,8,10-12H2,1-2H3. The number of nitrogens with one attached hydrogen (secondary N) is 1. The van der Waals surface area contributed by atoms with Crippen molar-refractivity contribution in [3.05, 3.63) is 29.8 Å². The largest absolute Gasteiger partial charge is 0.494 e. The zero-order chi connectivity index (χ0) is 13.2. The quantitative estimate of drug-likeness (QED) is 0.717. The van der Waals surface area contributed by atoms with Gasteiger partial charge in [0, 0.05) is 19.5 Å². The summed E-state index contributed by atoms with van der Waals surface area (Å²) in [6.45, 7) is 6.70. The normalized spacial score (nSPS) is 10.3. The van der Waals surface area contributed by atoms with E-state index in [4.69, 9.17) is 10.00 Å². The van der Waals surface area contributed by atoms with E-state index in [-0.39, 0.29) is 0 Å². The zero-order valence-electron chi connectivity index (χ0n) is 11.3. The number of benzene rings is 1. The lowest BCUT2D eigenvalue weighted by Gasteiger charge is -2.09. The lowest BCUT2D eigenvalue weighted by atomic mass is 10.1. The number of hydrogen-bond donors (Lipinski definition) is 1. The minimum Gasteiger partial charge on any atom is -0.494 e. The van der Waals surface area contributed by atoms with Crippen LogP contribution in [0.5, 0.6) is 5.75 Å². The van der Waals surface area contributed by atoms with Gasteiger partial charge < -0.3 is 10.1 Å². The number of nitrogens with zero attached hydrogens (tertiary/aromatic N) is 1. The van der Waals surface area contributed by atoms with E-state index in [9.17, 15) is 0 Å². The maximum absolute atomic E-state index is 8.41. The van der Waals surface area contributed by atoms with Crippen molar-refractivity contribution in [3.63, 3.8) is 0 Å². The van der Waals surface area contributed by atoms with Crippen LogP contribution in [0.1, 0.15) is 32.3 Å². The summed E-state index contributed by atoms with van der Waals surface area (Å²) in [5.74, 6) is 1.60. The molecule has 0 amide bonds. The Labute approximate surface area is 110 Å². The maximum atomic E-state index is 8.41. The van der Waals surface area contributed by atoms with Gasteiger partial charge in [-0.2, -0.15) is 5.26 Å². The molecule has 0 fully saturated rings. The van der Waals surface area contributed by atoms with Crippen LogP contribution < -0.4 is 10.1 Å².